The van der Waals surface area contributed by atoms with Crippen molar-refractivity contribution in [2.24, 2.45) is 5.73 Å². The number of nitrogens with one attached hydrogen (secondary N) is 1. The van der Waals surface area contributed by atoms with E-state index in [1.165, 1.54) is 0 Å². The normalized spacial score (nSPS) is 18.9. The molecule has 1 aliphatic rings. The fourth-order valence-corrected chi connectivity index (χ4v) is 2.19. The van der Waals surface area contributed by atoms with Crippen molar-refractivity contribution in [1.82, 2.24) is 15.5 Å². The lowest BCUT2D eigenvalue weighted by Gasteiger charge is -2.35. The molecule has 0 radical (unpaired) electrons. The van der Waals surface area contributed by atoms with Crippen LogP contribution in [0.3, 0.4) is 0 Å². The van der Waals surface area contributed by atoms with Gasteiger partial charge in [-0.15, -0.1) is 5.10 Å². The topological polar surface area (TPSA) is 93.4 Å². The van der Waals surface area contributed by atoms with Crippen LogP contribution in [-0.2, 0) is 16.1 Å². The van der Waals surface area contributed by atoms with E-state index in [9.17, 15) is 4.79 Å². The van der Waals surface area contributed by atoms with Gasteiger partial charge in [0, 0.05) is 25.2 Å². The predicted molar refractivity (Wildman–Crippen MR) is 75.2 cm³/mol. The minimum absolute atomic E-state index is 0.0415. The first-order chi connectivity index (χ1) is 9.77. The highest BCUT2D eigenvalue weighted by atomic mass is 16.5. The lowest BCUT2D eigenvalue weighted by Crippen LogP contribution is -2.54. The third-order valence-electron chi connectivity index (χ3n) is 3.25. The number of amides is 1. The summed E-state index contributed by atoms with van der Waals surface area (Å²) >= 11 is 0. The van der Waals surface area contributed by atoms with Crippen molar-refractivity contribution in [3.05, 3.63) is 17.8 Å². The number of morpholine rings is 1. The molecule has 2 heterocycles. The summed E-state index contributed by atoms with van der Waals surface area (Å²) < 4.78 is 5.43. The Morgan fingerprint density at radius 1 is 1.65 bits per heavy atom. The number of carbonyl (C=O) groups excluding carboxylic acids is 1. The summed E-state index contributed by atoms with van der Waals surface area (Å²) in [4.78, 5) is 14.2. The van der Waals surface area contributed by atoms with Gasteiger partial charge in [-0.05, 0) is 12.5 Å². The maximum Gasteiger partial charge on any atom is 0.245 e. The summed E-state index contributed by atoms with van der Waals surface area (Å²) in [6.07, 6.45) is 2.51. The van der Waals surface area contributed by atoms with Crippen LogP contribution in [-0.4, -0.2) is 48.4 Å². The molecule has 110 valence electrons. The lowest BCUT2D eigenvalue weighted by molar-refractivity contribution is -0.124. The van der Waals surface area contributed by atoms with Crippen LogP contribution in [0.2, 0.25) is 0 Å². The monoisotopic (exact) mass is 279 g/mol. The maximum atomic E-state index is 12.2. The van der Waals surface area contributed by atoms with Gasteiger partial charge in [-0.1, -0.05) is 6.92 Å². The first-order valence-corrected chi connectivity index (χ1v) is 6.90. The van der Waals surface area contributed by atoms with Crippen LogP contribution in [0, 0.1) is 0 Å². The Morgan fingerprint density at radius 3 is 3.25 bits per heavy atom. The molecule has 0 bridgehead atoms. The molecule has 3 N–H and O–H groups in total. The van der Waals surface area contributed by atoms with E-state index >= 15 is 0 Å². The van der Waals surface area contributed by atoms with Crippen LogP contribution in [0.5, 0.6) is 0 Å². The molecule has 0 spiro atoms. The summed E-state index contributed by atoms with van der Waals surface area (Å²) in [5.74, 6) is 0.634. The second-order valence-corrected chi connectivity index (χ2v) is 4.66. The molecular formula is C13H21N5O2. The van der Waals surface area contributed by atoms with Crippen LogP contribution < -0.4 is 16.0 Å². The van der Waals surface area contributed by atoms with Crippen LogP contribution >= 0.6 is 0 Å². The average molecular weight is 279 g/mol. The molecule has 1 aromatic heterocycles. The van der Waals surface area contributed by atoms with E-state index in [0.29, 0.717) is 38.7 Å². The first kappa shape index (κ1) is 14.7. The number of hydrogen-bond acceptors (Lipinski definition) is 6. The Morgan fingerprint density at radius 2 is 2.50 bits per heavy atom. The third kappa shape index (κ3) is 3.23. The SMILES string of the molecule is CCCNC(=O)C1COCCN1c1nnccc1CN. The summed E-state index contributed by atoms with van der Waals surface area (Å²) in [6, 6.07) is 1.45. The smallest absolute Gasteiger partial charge is 0.245 e. The largest absolute Gasteiger partial charge is 0.377 e. The highest BCUT2D eigenvalue weighted by Crippen LogP contribution is 2.20. The Hall–Kier alpha value is -1.73. The zero-order chi connectivity index (χ0) is 14.4. The second-order valence-electron chi connectivity index (χ2n) is 4.66. The van der Waals surface area contributed by atoms with Gasteiger partial charge in [0.1, 0.15) is 6.04 Å². The molecule has 1 saturated heterocycles. The summed E-state index contributed by atoms with van der Waals surface area (Å²) in [6.45, 7) is 4.58. The van der Waals surface area contributed by atoms with Gasteiger partial charge < -0.3 is 20.7 Å². The molecule has 1 atom stereocenters. The van der Waals surface area contributed by atoms with E-state index in [2.05, 4.69) is 15.5 Å². The van der Waals surface area contributed by atoms with Gasteiger partial charge in [-0.25, -0.2) is 0 Å². The van der Waals surface area contributed by atoms with Crippen molar-refractivity contribution in [1.29, 1.82) is 0 Å². The number of nitrogens with zero attached hydrogens (tertiary/aromatic N) is 3. The Balaban J connectivity index is 2.20. The van der Waals surface area contributed by atoms with Gasteiger partial charge in [0.15, 0.2) is 5.82 Å². The Kier molecular flexibility index (Phi) is 5.25. The van der Waals surface area contributed by atoms with Crippen LogP contribution in [0.15, 0.2) is 12.3 Å². The van der Waals surface area contributed by atoms with Crippen molar-refractivity contribution >= 4 is 11.7 Å². The Labute approximate surface area is 118 Å². The van der Waals surface area contributed by atoms with Gasteiger partial charge in [0.05, 0.1) is 19.4 Å². The van der Waals surface area contributed by atoms with Gasteiger partial charge in [-0.2, -0.15) is 5.10 Å². The quantitative estimate of drug-likeness (QED) is 0.766. The second kappa shape index (κ2) is 7.16. The van der Waals surface area contributed by atoms with E-state index in [1.54, 1.807) is 6.20 Å². The van der Waals surface area contributed by atoms with Crippen LogP contribution in [0.25, 0.3) is 0 Å². The van der Waals surface area contributed by atoms with Crippen molar-refractivity contribution < 1.29 is 9.53 Å². The summed E-state index contributed by atoms with van der Waals surface area (Å²) in [7, 11) is 0. The summed E-state index contributed by atoms with van der Waals surface area (Å²) in [5.41, 5.74) is 6.62. The molecule has 0 saturated carbocycles. The first-order valence-electron chi connectivity index (χ1n) is 6.90. The highest BCUT2D eigenvalue weighted by Gasteiger charge is 2.31. The number of rotatable bonds is 5. The van der Waals surface area contributed by atoms with E-state index < -0.39 is 0 Å². The minimum Gasteiger partial charge on any atom is -0.377 e. The number of aromatic nitrogens is 2. The third-order valence-corrected chi connectivity index (χ3v) is 3.25. The molecule has 7 nitrogen and oxygen atoms in total. The molecule has 7 heteroatoms. The molecule has 0 aliphatic carbocycles. The minimum atomic E-state index is -0.378. The average Bonchev–Trinajstić information content (AvgIpc) is 2.52. The van der Waals surface area contributed by atoms with E-state index in [1.807, 2.05) is 17.9 Å². The van der Waals surface area contributed by atoms with Crippen molar-refractivity contribution in [3.63, 3.8) is 0 Å². The zero-order valence-corrected chi connectivity index (χ0v) is 11.7. The fraction of sp³-hybridized carbons (Fsp3) is 0.615. The van der Waals surface area contributed by atoms with Gasteiger partial charge >= 0.3 is 0 Å². The molecule has 2 rings (SSSR count). The predicted octanol–water partition coefficient (Wildman–Crippen LogP) is -0.333. The number of carbonyl (C=O) groups is 1. The van der Waals surface area contributed by atoms with Crippen LogP contribution in [0.4, 0.5) is 5.82 Å². The van der Waals surface area contributed by atoms with Gasteiger partial charge in [-0.3, -0.25) is 4.79 Å². The van der Waals surface area contributed by atoms with Gasteiger partial charge in [0.25, 0.3) is 0 Å². The molecule has 1 aliphatic heterocycles. The van der Waals surface area contributed by atoms with Crippen molar-refractivity contribution in [2.75, 3.05) is 31.2 Å². The molecule has 20 heavy (non-hydrogen) atoms. The fourth-order valence-electron chi connectivity index (χ4n) is 2.19. The Bertz CT molecular complexity index is 454. The van der Waals surface area contributed by atoms with E-state index in [4.69, 9.17) is 10.5 Å². The molecule has 1 unspecified atom stereocenters. The van der Waals surface area contributed by atoms with Crippen molar-refractivity contribution in [3.8, 4) is 0 Å². The molecular weight excluding hydrogens is 258 g/mol. The molecule has 1 amide bonds. The molecule has 1 fully saturated rings. The number of ether oxygens (including phenoxy) is 1. The number of anilines is 1. The van der Waals surface area contributed by atoms with Crippen molar-refractivity contribution in [2.45, 2.75) is 25.9 Å². The van der Waals surface area contributed by atoms with Crippen LogP contribution in [0.1, 0.15) is 18.9 Å². The highest BCUT2D eigenvalue weighted by molar-refractivity contribution is 5.85. The standard InChI is InChI=1S/C13H21N5O2/c1-2-4-15-13(19)11-9-20-7-6-18(11)12-10(8-14)3-5-16-17-12/h3,5,11H,2,4,6-9,14H2,1H3,(H,15,19). The summed E-state index contributed by atoms with van der Waals surface area (Å²) in [5, 5.41) is 11.0. The number of hydrogen-bond donors (Lipinski definition) is 2. The van der Waals surface area contributed by atoms with Gasteiger partial charge in [0.2, 0.25) is 5.91 Å². The zero-order valence-electron chi connectivity index (χ0n) is 11.7. The number of nitrogens with two attached hydrogens (primary N) is 1. The molecule has 1 aromatic rings. The molecule has 0 aromatic carbocycles. The maximum absolute atomic E-state index is 12.2. The van der Waals surface area contributed by atoms with E-state index in [-0.39, 0.29) is 11.9 Å². The van der Waals surface area contributed by atoms with E-state index in [0.717, 1.165) is 12.0 Å². The lowest BCUT2D eigenvalue weighted by atomic mass is 10.1.